The average Bonchev–Trinajstić information content (AvgIpc) is 2.52. The van der Waals surface area contributed by atoms with E-state index in [0.29, 0.717) is 6.54 Å². The predicted molar refractivity (Wildman–Crippen MR) is 83.4 cm³/mol. The third-order valence-corrected chi connectivity index (χ3v) is 2.99. The van der Waals surface area contributed by atoms with E-state index < -0.39 is 6.10 Å². The molecule has 110 valence electrons. The highest BCUT2D eigenvalue weighted by Crippen LogP contribution is 2.23. The zero-order valence-corrected chi connectivity index (χ0v) is 11.9. The number of benzene rings is 2. The van der Waals surface area contributed by atoms with Gasteiger partial charge in [0.2, 0.25) is 0 Å². The van der Waals surface area contributed by atoms with E-state index in [1.807, 2.05) is 55.5 Å². The first-order valence-corrected chi connectivity index (χ1v) is 6.79. The number of aliphatic hydroxyl groups excluding tert-OH is 2. The van der Waals surface area contributed by atoms with Crippen molar-refractivity contribution in [1.29, 1.82) is 0 Å². The summed E-state index contributed by atoms with van der Waals surface area (Å²) in [5, 5.41) is 29.6. The van der Waals surface area contributed by atoms with E-state index in [9.17, 15) is 5.11 Å². The van der Waals surface area contributed by atoms with E-state index in [4.69, 9.17) is 5.11 Å². The number of nitrogens with zero attached hydrogens (tertiary/aromatic N) is 2. The Hall–Kier alpha value is -2.24. The Morgan fingerprint density at radius 3 is 2.43 bits per heavy atom. The summed E-state index contributed by atoms with van der Waals surface area (Å²) in [6.07, 6.45) is -0.762. The highest BCUT2D eigenvalue weighted by Gasteiger charge is 2.04. The number of azo groups is 1. The quantitative estimate of drug-likeness (QED) is 0.713. The summed E-state index contributed by atoms with van der Waals surface area (Å²) in [5.74, 6) is 0. The van der Waals surface area contributed by atoms with Gasteiger partial charge < -0.3 is 15.5 Å². The molecule has 0 saturated carbocycles. The van der Waals surface area contributed by atoms with Gasteiger partial charge in [0, 0.05) is 12.2 Å². The van der Waals surface area contributed by atoms with E-state index in [2.05, 4.69) is 15.5 Å². The SMILES string of the molecule is Cc1cc(N=Nc2ccccc2)ccc1NCC(O)CO. The lowest BCUT2D eigenvalue weighted by atomic mass is 10.1. The smallest absolute Gasteiger partial charge is 0.0942 e. The van der Waals surface area contributed by atoms with Crippen LogP contribution in [0.4, 0.5) is 17.1 Å². The minimum absolute atomic E-state index is 0.255. The number of hydrogen-bond donors (Lipinski definition) is 3. The van der Waals surface area contributed by atoms with E-state index in [1.54, 1.807) is 0 Å². The van der Waals surface area contributed by atoms with Gasteiger partial charge in [0.1, 0.15) is 0 Å². The monoisotopic (exact) mass is 285 g/mol. The third kappa shape index (κ3) is 4.66. The maximum absolute atomic E-state index is 9.33. The molecule has 0 fully saturated rings. The van der Waals surface area contributed by atoms with Crippen molar-refractivity contribution in [3.8, 4) is 0 Å². The number of aryl methyl sites for hydroxylation is 1. The molecular formula is C16H19N3O2. The van der Waals surface area contributed by atoms with Crippen molar-refractivity contribution < 1.29 is 10.2 Å². The lowest BCUT2D eigenvalue weighted by Gasteiger charge is -2.12. The van der Waals surface area contributed by atoms with Crippen molar-refractivity contribution in [1.82, 2.24) is 0 Å². The molecule has 21 heavy (non-hydrogen) atoms. The molecule has 3 N–H and O–H groups in total. The Bertz CT molecular complexity index is 600. The van der Waals surface area contributed by atoms with Crippen LogP contribution in [0.5, 0.6) is 0 Å². The number of anilines is 1. The Labute approximate surface area is 124 Å². The van der Waals surface area contributed by atoms with Crippen LogP contribution in [0, 0.1) is 6.92 Å². The minimum atomic E-state index is -0.762. The van der Waals surface area contributed by atoms with Gasteiger partial charge in [-0.15, -0.1) is 0 Å². The van der Waals surface area contributed by atoms with Gasteiger partial charge in [-0.2, -0.15) is 10.2 Å². The minimum Gasteiger partial charge on any atom is -0.394 e. The summed E-state index contributed by atoms with van der Waals surface area (Å²) in [4.78, 5) is 0. The summed E-state index contributed by atoms with van der Waals surface area (Å²) in [6, 6.07) is 15.2. The van der Waals surface area contributed by atoms with Crippen LogP contribution < -0.4 is 5.32 Å². The van der Waals surface area contributed by atoms with Crippen LogP contribution >= 0.6 is 0 Å². The molecule has 0 aromatic heterocycles. The number of hydrogen-bond acceptors (Lipinski definition) is 5. The molecule has 0 bridgehead atoms. The standard InChI is InChI=1S/C16H19N3O2/c1-12-9-14(19-18-13-5-3-2-4-6-13)7-8-16(12)17-10-15(21)11-20/h2-9,15,17,20-21H,10-11H2,1H3. The Morgan fingerprint density at radius 2 is 1.76 bits per heavy atom. The van der Waals surface area contributed by atoms with Crippen molar-refractivity contribution in [3.05, 3.63) is 54.1 Å². The molecular weight excluding hydrogens is 266 g/mol. The van der Waals surface area contributed by atoms with Crippen molar-refractivity contribution in [2.45, 2.75) is 13.0 Å². The fourth-order valence-corrected chi connectivity index (χ4v) is 1.81. The highest BCUT2D eigenvalue weighted by atomic mass is 16.3. The van der Waals surface area contributed by atoms with E-state index in [1.165, 1.54) is 0 Å². The summed E-state index contributed by atoms with van der Waals surface area (Å²) < 4.78 is 0. The van der Waals surface area contributed by atoms with Crippen LogP contribution in [0.3, 0.4) is 0 Å². The van der Waals surface area contributed by atoms with Crippen molar-refractivity contribution >= 4 is 17.1 Å². The van der Waals surface area contributed by atoms with Crippen molar-refractivity contribution in [3.63, 3.8) is 0 Å². The molecule has 0 aliphatic heterocycles. The van der Waals surface area contributed by atoms with E-state index >= 15 is 0 Å². The van der Waals surface area contributed by atoms with Gasteiger partial charge in [0.25, 0.3) is 0 Å². The van der Waals surface area contributed by atoms with Gasteiger partial charge >= 0.3 is 0 Å². The second-order valence-electron chi connectivity index (χ2n) is 4.75. The maximum Gasteiger partial charge on any atom is 0.0942 e. The van der Waals surface area contributed by atoms with Crippen LogP contribution in [0.2, 0.25) is 0 Å². The van der Waals surface area contributed by atoms with Crippen LogP contribution in [0.15, 0.2) is 58.8 Å². The molecule has 2 aromatic rings. The van der Waals surface area contributed by atoms with Crippen molar-refractivity contribution in [2.24, 2.45) is 10.2 Å². The molecule has 0 aliphatic rings. The molecule has 2 aromatic carbocycles. The summed E-state index contributed by atoms with van der Waals surface area (Å²) in [6.45, 7) is 2.01. The fourth-order valence-electron chi connectivity index (χ4n) is 1.81. The molecule has 0 heterocycles. The molecule has 5 heteroatoms. The highest BCUT2D eigenvalue weighted by molar-refractivity contribution is 5.57. The van der Waals surface area contributed by atoms with E-state index in [-0.39, 0.29) is 6.61 Å². The Balaban J connectivity index is 2.03. The number of aliphatic hydroxyl groups is 2. The molecule has 1 unspecified atom stereocenters. The first-order chi connectivity index (χ1) is 10.2. The molecule has 0 aliphatic carbocycles. The molecule has 0 radical (unpaired) electrons. The van der Waals surface area contributed by atoms with Crippen LogP contribution in [-0.4, -0.2) is 29.5 Å². The first kappa shape index (κ1) is 15.2. The van der Waals surface area contributed by atoms with Crippen LogP contribution in [0.1, 0.15) is 5.56 Å². The van der Waals surface area contributed by atoms with Gasteiger partial charge in [0.05, 0.1) is 24.1 Å². The lowest BCUT2D eigenvalue weighted by Crippen LogP contribution is -2.23. The summed E-state index contributed by atoms with van der Waals surface area (Å²) in [5.41, 5.74) is 3.49. The lowest BCUT2D eigenvalue weighted by molar-refractivity contribution is 0.105. The zero-order chi connectivity index (χ0) is 15.1. The zero-order valence-electron chi connectivity index (χ0n) is 11.9. The summed E-state index contributed by atoms with van der Waals surface area (Å²) >= 11 is 0. The van der Waals surface area contributed by atoms with Crippen LogP contribution in [-0.2, 0) is 0 Å². The van der Waals surface area contributed by atoms with E-state index in [0.717, 1.165) is 22.6 Å². The van der Waals surface area contributed by atoms with Gasteiger partial charge in [-0.3, -0.25) is 0 Å². The molecule has 0 saturated heterocycles. The average molecular weight is 285 g/mol. The molecule has 5 nitrogen and oxygen atoms in total. The van der Waals surface area contributed by atoms with Gasteiger partial charge in [0.15, 0.2) is 0 Å². The third-order valence-electron chi connectivity index (χ3n) is 2.99. The Morgan fingerprint density at radius 1 is 1.05 bits per heavy atom. The van der Waals surface area contributed by atoms with Gasteiger partial charge in [-0.05, 0) is 42.8 Å². The maximum atomic E-state index is 9.33. The van der Waals surface area contributed by atoms with Gasteiger partial charge in [-0.25, -0.2) is 0 Å². The first-order valence-electron chi connectivity index (χ1n) is 6.79. The fraction of sp³-hybridized carbons (Fsp3) is 0.250. The Kier molecular flexibility index (Phi) is 5.43. The van der Waals surface area contributed by atoms with Gasteiger partial charge in [-0.1, -0.05) is 18.2 Å². The topological polar surface area (TPSA) is 77.2 Å². The molecule has 0 spiro atoms. The largest absolute Gasteiger partial charge is 0.394 e. The normalized spacial score (nSPS) is 12.5. The number of rotatable bonds is 6. The second kappa shape index (κ2) is 7.52. The predicted octanol–water partition coefficient (Wildman–Crippen LogP) is 3.18. The second-order valence-corrected chi connectivity index (χ2v) is 4.75. The number of nitrogens with one attached hydrogen (secondary N) is 1. The molecule has 1 atom stereocenters. The summed E-state index contributed by atoms with van der Waals surface area (Å²) in [7, 11) is 0. The van der Waals surface area contributed by atoms with Crippen molar-refractivity contribution in [2.75, 3.05) is 18.5 Å². The molecule has 2 rings (SSSR count). The van der Waals surface area contributed by atoms with Crippen LogP contribution in [0.25, 0.3) is 0 Å². The molecule has 0 amide bonds.